The fraction of sp³-hybridized carbons (Fsp3) is 0.0909. The number of hydrogen-bond donors (Lipinski definition) is 2. The highest BCUT2D eigenvalue weighted by molar-refractivity contribution is 6.39. The van der Waals surface area contributed by atoms with Crippen LogP contribution in [0.15, 0.2) is 28.9 Å². The molecule has 1 aromatic heterocycles. The number of rotatable bonds is 3. The standard InChI is InChI=1S/C11H9Cl2N3O2/c12-8-3-6(4-9(13)10(8)14)11(17)15-5-7-1-2-16-18-7/h1-4H,5,14H2,(H,15,17). The fourth-order valence-corrected chi connectivity index (χ4v) is 1.81. The van der Waals surface area contributed by atoms with Crippen LogP contribution in [0.5, 0.6) is 0 Å². The highest BCUT2D eigenvalue weighted by Gasteiger charge is 2.11. The average molecular weight is 286 g/mol. The number of amides is 1. The molecule has 1 aromatic carbocycles. The van der Waals surface area contributed by atoms with Crippen molar-refractivity contribution in [2.45, 2.75) is 6.54 Å². The Balaban J connectivity index is 2.09. The van der Waals surface area contributed by atoms with Crippen LogP contribution in [0.1, 0.15) is 16.1 Å². The van der Waals surface area contributed by atoms with E-state index in [2.05, 4.69) is 10.5 Å². The number of aromatic nitrogens is 1. The van der Waals surface area contributed by atoms with E-state index in [0.29, 0.717) is 11.3 Å². The van der Waals surface area contributed by atoms with Crippen molar-refractivity contribution in [1.82, 2.24) is 10.5 Å². The van der Waals surface area contributed by atoms with Crippen molar-refractivity contribution >= 4 is 34.8 Å². The Labute approximate surface area is 113 Å². The van der Waals surface area contributed by atoms with Crippen LogP contribution in [0.25, 0.3) is 0 Å². The third-order valence-electron chi connectivity index (χ3n) is 2.26. The fourth-order valence-electron chi connectivity index (χ4n) is 1.32. The molecule has 1 amide bonds. The summed E-state index contributed by atoms with van der Waals surface area (Å²) in [6, 6.07) is 4.57. The molecule has 0 fully saturated rings. The number of anilines is 1. The third-order valence-corrected chi connectivity index (χ3v) is 2.88. The minimum atomic E-state index is -0.324. The van der Waals surface area contributed by atoms with Crippen LogP contribution in [-0.2, 0) is 6.54 Å². The molecule has 0 spiro atoms. The zero-order chi connectivity index (χ0) is 13.1. The number of nitrogens with one attached hydrogen (secondary N) is 1. The van der Waals surface area contributed by atoms with Gasteiger partial charge in [0.25, 0.3) is 5.91 Å². The Bertz CT molecular complexity index is 547. The maximum Gasteiger partial charge on any atom is 0.251 e. The Morgan fingerprint density at radius 2 is 2.06 bits per heavy atom. The molecule has 0 radical (unpaired) electrons. The van der Waals surface area contributed by atoms with Crippen molar-refractivity contribution in [2.75, 3.05) is 5.73 Å². The molecule has 18 heavy (non-hydrogen) atoms. The first-order chi connectivity index (χ1) is 8.58. The lowest BCUT2D eigenvalue weighted by molar-refractivity contribution is 0.0947. The Kier molecular flexibility index (Phi) is 3.74. The number of nitrogens with zero attached hydrogens (tertiary/aromatic N) is 1. The van der Waals surface area contributed by atoms with Crippen LogP contribution < -0.4 is 11.1 Å². The van der Waals surface area contributed by atoms with E-state index in [0.717, 1.165) is 0 Å². The largest absolute Gasteiger partial charge is 0.396 e. The topological polar surface area (TPSA) is 81.2 Å². The van der Waals surface area contributed by atoms with E-state index >= 15 is 0 Å². The number of hydrogen-bond acceptors (Lipinski definition) is 4. The smallest absolute Gasteiger partial charge is 0.251 e. The first-order valence-corrected chi connectivity index (χ1v) is 5.76. The molecule has 0 atom stereocenters. The summed E-state index contributed by atoms with van der Waals surface area (Å²) < 4.78 is 4.85. The number of nitrogen functional groups attached to an aromatic ring is 1. The van der Waals surface area contributed by atoms with E-state index in [9.17, 15) is 4.79 Å². The average Bonchev–Trinajstić information content (AvgIpc) is 2.85. The lowest BCUT2D eigenvalue weighted by Gasteiger charge is -2.06. The number of halogens is 2. The molecule has 0 aliphatic carbocycles. The number of carbonyl (C=O) groups is 1. The molecule has 0 unspecified atom stereocenters. The van der Waals surface area contributed by atoms with Gasteiger partial charge in [-0.15, -0.1) is 0 Å². The molecule has 0 saturated carbocycles. The number of carbonyl (C=O) groups excluding carboxylic acids is 1. The molecule has 7 heteroatoms. The number of nitrogens with two attached hydrogens (primary N) is 1. The third kappa shape index (κ3) is 2.75. The van der Waals surface area contributed by atoms with Gasteiger partial charge in [-0.2, -0.15) is 0 Å². The van der Waals surface area contributed by atoms with Gasteiger partial charge in [0.15, 0.2) is 5.76 Å². The monoisotopic (exact) mass is 285 g/mol. The van der Waals surface area contributed by atoms with Gasteiger partial charge in [-0.25, -0.2) is 0 Å². The zero-order valence-electron chi connectivity index (χ0n) is 9.11. The highest BCUT2D eigenvalue weighted by atomic mass is 35.5. The van der Waals surface area contributed by atoms with Crippen LogP contribution in [0, 0.1) is 0 Å². The lowest BCUT2D eigenvalue weighted by atomic mass is 10.2. The molecule has 3 N–H and O–H groups in total. The molecule has 0 bridgehead atoms. The second-order valence-electron chi connectivity index (χ2n) is 3.51. The minimum Gasteiger partial charge on any atom is -0.396 e. The summed E-state index contributed by atoms with van der Waals surface area (Å²) in [6.07, 6.45) is 1.50. The Morgan fingerprint density at radius 3 is 2.61 bits per heavy atom. The molecule has 0 aliphatic heterocycles. The summed E-state index contributed by atoms with van der Waals surface area (Å²) in [4.78, 5) is 11.8. The van der Waals surface area contributed by atoms with Gasteiger partial charge in [-0.3, -0.25) is 4.79 Å². The summed E-state index contributed by atoms with van der Waals surface area (Å²) in [5.41, 5.74) is 6.17. The van der Waals surface area contributed by atoms with E-state index in [1.54, 1.807) is 6.07 Å². The van der Waals surface area contributed by atoms with Crippen molar-refractivity contribution < 1.29 is 9.32 Å². The quantitative estimate of drug-likeness (QED) is 0.849. The van der Waals surface area contributed by atoms with Gasteiger partial charge in [0.1, 0.15) is 0 Å². The Morgan fingerprint density at radius 1 is 1.39 bits per heavy atom. The van der Waals surface area contributed by atoms with Crippen molar-refractivity contribution in [2.24, 2.45) is 0 Å². The van der Waals surface area contributed by atoms with Gasteiger partial charge in [-0.1, -0.05) is 28.4 Å². The summed E-state index contributed by atoms with van der Waals surface area (Å²) >= 11 is 11.7. The first-order valence-electron chi connectivity index (χ1n) is 5.00. The molecule has 2 rings (SSSR count). The Hall–Kier alpha value is -1.72. The van der Waals surface area contributed by atoms with Gasteiger partial charge in [0.2, 0.25) is 0 Å². The molecule has 0 saturated heterocycles. The lowest BCUT2D eigenvalue weighted by Crippen LogP contribution is -2.22. The SMILES string of the molecule is Nc1c(Cl)cc(C(=O)NCc2ccno2)cc1Cl. The first kappa shape index (κ1) is 12.7. The van der Waals surface area contributed by atoms with Gasteiger partial charge in [0, 0.05) is 11.6 Å². The normalized spacial score (nSPS) is 10.3. The van der Waals surface area contributed by atoms with E-state index in [4.69, 9.17) is 33.5 Å². The van der Waals surface area contributed by atoms with Crippen LogP contribution >= 0.6 is 23.2 Å². The summed E-state index contributed by atoms with van der Waals surface area (Å²) in [5, 5.41) is 6.66. The van der Waals surface area contributed by atoms with Gasteiger partial charge in [-0.05, 0) is 12.1 Å². The van der Waals surface area contributed by atoms with Crippen LogP contribution in [0.4, 0.5) is 5.69 Å². The second kappa shape index (κ2) is 5.29. The van der Waals surface area contributed by atoms with E-state index < -0.39 is 0 Å². The number of benzene rings is 1. The van der Waals surface area contributed by atoms with E-state index in [-0.39, 0.29) is 28.2 Å². The van der Waals surface area contributed by atoms with E-state index in [1.807, 2.05) is 0 Å². The maximum absolute atomic E-state index is 11.8. The van der Waals surface area contributed by atoms with Crippen LogP contribution in [-0.4, -0.2) is 11.1 Å². The van der Waals surface area contributed by atoms with Crippen molar-refractivity contribution in [3.05, 3.63) is 45.8 Å². The van der Waals surface area contributed by atoms with Gasteiger partial charge >= 0.3 is 0 Å². The van der Waals surface area contributed by atoms with Crippen molar-refractivity contribution in [3.8, 4) is 0 Å². The van der Waals surface area contributed by atoms with E-state index in [1.165, 1.54) is 18.3 Å². The van der Waals surface area contributed by atoms with Crippen LogP contribution in [0.3, 0.4) is 0 Å². The summed E-state index contributed by atoms with van der Waals surface area (Å²) in [5.74, 6) is 0.228. The molecule has 5 nitrogen and oxygen atoms in total. The molecular weight excluding hydrogens is 277 g/mol. The maximum atomic E-state index is 11.8. The second-order valence-corrected chi connectivity index (χ2v) is 4.33. The van der Waals surface area contributed by atoms with Crippen molar-refractivity contribution in [3.63, 3.8) is 0 Å². The zero-order valence-corrected chi connectivity index (χ0v) is 10.6. The summed E-state index contributed by atoms with van der Waals surface area (Å²) in [7, 11) is 0. The highest BCUT2D eigenvalue weighted by Crippen LogP contribution is 2.28. The predicted molar refractivity (Wildman–Crippen MR) is 68.5 cm³/mol. The van der Waals surface area contributed by atoms with Crippen LogP contribution in [0.2, 0.25) is 10.0 Å². The molecule has 0 aliphatic rings. The summed E-state index contributed by atoms with van der Waals surface area (Å²) in [6.45, 7) is 0.235. The molecule has 94 valence electrons. The predicted octanol–water partition coefficient (Wildman–Crippen LogP) is 2.49. The molecular formula is C11H9Cl2N3O2. The van der Waals surface area contributed by atoms with Gasteiger partial charge < -0.3 is 15.6 Å². The molecule has 2 aromatic rings. The molecule has 1 heterocycles. The van der Waals surface area contributed by atoms with Crippen molar-refractivity contribution in [1.29, 1.82) is 0 Å². The minimum absolute atomic E-state index is 0.235. The van der Waals surface area contributed by atoms with Gasteiger partial charge in [0.05, 0.1) is 28.5 Å².